The summed E-state index contributed by atoms with van der Waals surface area (Å²) in [5, 5.41) is 3.27. The van der Waals surface area contributed by atoms with Gasteiger partial charge in [-0.2, -0.15) is 0 Å². The van der Waals surface area contributed by atoms with Gasteiger partial charge in [-0.15, -0.1) is 0 Å². The zero-order valence-corrected chi connectivity index (χ0v) is 11.2. The summed E-state index contributed by atoms with van der Waals surface area (Å²) in [6.07, 6.45) is 1.79. The molecule has 4 nitrogen and oxygen atoms in total. The van der Waals surface area contributed by atoms with Crippen LogP contribution in [0.1, 0.15) is 24.4 Å². The second kappa shape index (κ2) is 4.90. The molecule has 3 rings (SSSR count). The fourth-order valence-corrected chi connectivity index (χ4v) is 3.84. The first-order chi connectivity index (χ1) is 8.79. The van der Waals surface area contributed by atoms with E-state index >= 15 is 0 Å². The first-order valence-corrected chi connectivity index (χ1v) is 7.60. The van der Waals surface area contributed by atoms with Gasteiger partial charge in [0.05, 0.1) is 24.0 Å². The van der Waals surface area contributed by atoms with Crippen molar-refractivity contribution in [1.29, 1.82) is 0 Å². The van der Waals surface area contributed by atoms with Crippen LogP contribution in [0, 0.1) is 0 Å². The van der Waals surface area contributed by atoms with Crippen molar-refractivity contribution in [3.8, 4) is 11.5 Å². The SMILES string of the molecule is CNC1CCS(=O)c2cc3c(cc21)OCCCO3. The summed E-state index contributed by atoms with van der Waals surface area (Å²) in [7, 11) is 1.02. The second-order valence-corrected chi connectivity index (χ2v) is 6.11. The number of hydrogen-bond donors (Lipinski definition) is 1. The number of ether oxygens (including phenoxy) is 2. The zero-order chi connectivity index (χ0) is 12.5. The van der Waals surface area contributed by atoms with Gasteiger partial charge in [-0.25, -0.2) is 0 Å². The van der Waals surface area contributed by atoms with Crippen LogP contribution in [0.4, 0.5) is 0 Å². The lowest BCUT2D eigenvalue weighted by atomic mass is 10.0. The molecule has 0 aromatic heterocycles. The van der Waals surface area contributed by atoms with Crippen LogP contribution in [0.25, 0.3) is 0 Å². The van der Waals surface area contributed by atoms with Gasteiger partial charge in [-0.3, -0.25) is 4.21 Å². The third-order valence-corrected chi connectivity index (χ3v) is 4.89. The maximum atomic E-state index is 12.1. The van der Waals surface area contributed by atoms with Gasteiger partial charge < -0.3 is 14.8 Å². The Morgan fingerprint density at radius 3 is 2.72 bits per heavy atom. The third kappa shape index (κ3) is 2.01. The Morgan fingerprint density at radius 1 is 1.28 bits per heavy atom. The fraction of sp³-hybridized carbons (Fsp3) is 0.538. The highest BCUT2D eigenvalue weighted by Crippen LogP contribution is 2.39. The van der Waals surface area contributed by atoms with Crippen molar-refractivity contribution in [3.05, 3.63) is 17.7 Å². The molecule has 0 saturated heterocycles. The molecule has 5 heteroatoms. The first kappa shape index (κ1) is 12.0. The average molecular weight is 267 g/mol. The highest BCUT2D eigenvalue weighted by molar-refractivity contribution is 7.85. The molecule has 18 heavy (non-hydrogen) atoms. The van der Waals surface area contributed by atoms with Crippen molar-refractivity contribution in [2.45, 2.75) is 23.8 Å². The minimum atomic E-state index is -0.917. The van der Waals surface area contributed by atoms with Crippen LogP contribution >= 0.6 is 0 Å². The van der Waals surface area contributed by atoms with E-state index in [4.69, 9.17) is 9.47 Å². The van der Waals surface area contributed by atoms with Crippen LogP contribution < -0.4 is 14.8 Å². The van der Waals surface area contributed by atoms with Crippen LogP contribution in [0.15, 0.2) is 17.0 Å². The maximum Gasteiger partial charge on any atom is 0.162 e. The molecule has 1 aromatic rings. The van der Waals surface area contributed by atoms with E-state index in [-0.39, 0.29) is 6.04 Å². The van der Waals surface area contributed by atoms with E-state index in [1.165, 1.54) is 0 Å². The van der Waals surface area contributed by atoms with Crippen molar-refractivity contribution < 1.29 is 13.7 Å². The molecular formula is C13H17NO3S. The number of nitrogens with one attached hydrogen (secondary N) is 1. The summed E-state index contributed by atoms with van der Waals surface area (Å²) in [5.74, 6) is 2.22. The summed E-state index contributed by atoms with van der Waals surface area (Å²) in [4.78, 5) is 0.893. The molecule has 1 N–H and O–H groups in total. The Kier molecular flexibility index (Phi) is 3.26. The van der Waals surface area contributed by atoms with Gasteiger partial charge in [0.15, 0.2) is 11.5 Å². The van der Waals surface area contributed by atoms with E-state index < -0.39 is 10.8 Å². The number of benzene rings is 1. The Labute approximate surface area is 109 Å². The van der Waals surface area contributed by atoms with Gasteiger partial charge in [-0.05, 0) is 25.1 Å². The summed E-state index contributed by atoms with van der Waals surface area (Å²) in [6.45, 7) is 1.34. The van der Waals surface area contributed by atoms with E-state index in [1.807, 2.05) is 19.2 Å². The van der Waals surface area contributed by atoms with Crippen LogP contribution in [-0.2, 0) is 10.8 Å². The van der Waals surface area contributed by atoms with E-state index in [0.717, 1.165) is 34.8 Å². The predicted octanol–water partition coefficient (Wildman–Crippen LogP) is 1.62. The smallest absolute Gasteiger partial charge is 0.162 e. The minimum Gasteiger partial charge on any atom is -0.490 e. The summed E-state index contributed by atoms with van der Waals surface area (Å²) in [5.41, 5.74) is 1.09. The topological polar surface area (TPSA) is 47.6 Å². The normalized spacial score (nSPS) is 26.3. The van der Waals surface area contributed by atoms with Gasteiger partial charge in [0.1, 0.15) is 0 Å². The lowest BCUT2D eigenvalue weighted by molar-refractivity contribution is 0.296. The molecule has 2 aliphatic heterocycles. The Bertz CT molecular complexity index is 489. The third-order valence-electron chi connectivity index (χ3n) is 3.44. The van der Waals surface area contributed by atoms with E-state index in [1.54, 1.807) is 0 Å². The van der Waals surface area contributed by atoms with Crippen molar-refractivity contribution >= 4 is 10.8 Å². The minimum absolute atomic E-state index is 0.259. The summed E-state index contributed by atoms with van der Waals surface area (Å²) < 4.78 is 23.4. The quantitative estimate of drug-likeness (QED) is 0.840. The highest BCUT2D eigenvalue weighted by Gasteiger charge is 2.27. The Hall–Kier alpha value is -1.07. The van der Waals surface area contributed by atoms with Crippen molar-refractivity contribution in [3.63, 3.8) is 0 Å². The predicted molar refractivity (Wildman–Crippen MR) is 69.7 cm³/mol. The van der Waals surface area contributed by atoms with Crippen LogP contribution in [0.5, 0.6) is 11.5 Å². The molecular weight excluding hydrogens is 250 g/mol. The lowest BCUT2D eigenvalue weighted by Crippen LogP contribution is -2.25. The number of rotatable bonds is 1. The molecule has 0 bridgehead atoms. The molecule has 98 valence electrons. The molecule has 2 unspecified atom stereocenters. The molecule has 0 aliphatic carbocycles. The highest BCUT2D eigenvalue weighted by atomic mass is 32.2. The molecule has 0 fully saturated rings. The van der Waals surface area contributed by atoms with E-state index in [0.29, 0.717) is 19.0 Å². The molecule has 2 atom stereocenters. The second-order valence-electron chi connectivity index (χ2n) is 4.57. The van der Waals surface area contributed by atoms with Gasteiger partial charge in [0.2, 0.25) is 0 Å². The van der Waals surface area contributed by atoms with Crippen LogP contribution in [0.3, 0.4) is 0 Å². The van der Waals surface area contributed by atoms with E-state index in [2.05, 4.69) is 5.32 Å². The zero-order valence-electron chi connectivity index (χ0n) is 10.4. The van der Waals surface area contributed by atoms with Gasteiger partial charge >= 0.3 is 0 Å². The molecule has 2 aliphatic rings. The molecule has 1 aromatic carbocycles. The van der Waals surface area contributed by atoms with Crippen molar-refractivity contribution in [1.82, 2.24) is 5.32 Å². The van der Waals surface area contributed by atoms with Crippen LogP contribution in [0.2, 0.25) is 0 Å². The molecule has 0 spiro atoms. The largest absolute Gasteiger partial charge is 0.490 e. The van der Waals surface area contributed by atoms with Crippen molar-refractivity contribution in [2.24, 2.45) is 0 Å². The number of fused-ring (bicyclic) bond motifs is 2. The Balaban J connectivity index is 2.09. The molecule has 0 saturated carbocycles. The monoisotopic (exact) mass is 267 g/mol. The summed E-state index contributed by atoms with van der Waals surface area (Å²) in [6, 6.07) is 4.15. The average Bonchev–Trinajstić information content (AvgIpc) is 2.62. The fourth-order valence-electron chi connectivity index (χ4n) is 2.47. The Morgan fingerprint density at radius 2 is 2.00 bits per heavy atom. The maximum absolute atomic E-state index is 12.1. The van der Waals surface area contributed by atoms with Gasteiger partial charge in [0.25, 0.3) is 0 Å². The van der Waals surface area contributed by atoms with Gasteiger partial charge in [-0.1, -0.05) is 0 Å². The molecule has 0 amide bonds. The molecule has 2 heterocycles. The van der Waals surface area contributed by atoms with Crippen LogP contribution in [-0.4, -0.2) is 30.2 Å². The van der Waals surface area contributed by atoms with Crippen molar-refractivity contribution in [2.75, 3.05) is 26.0 Å². The summed E-state index contributed by atoms with van der Waals surface area (Å²) >= 11 is 0. The number of hydrogen-bond acceptors (Lipinski definition) is 4. The first-order valence-electron chi connectivity index (χ1n) is 6.29. The molecule has 0 radical (unpaired) electrons. The standard InChI is InChI=1S/C13H17NO3S/c1-14-10-3-6-18(15)13-8-12-11(7-9(10)13)16-4-2-5-17-12/h7-8,10,14H,2-6H2,1H3. The van der Waals surface area contributed by atoms with Gasteiger partial charge in [0, 0.05) is 29.2 Å². The lowest BCUT2D eigenvalue weighted by Gasteiger charge is -2.25. The van der Waals surface area contributed by atoms with E-state index in [9.17, 15) is 4.21 Å².